The fourth-order valence-corrected chi connectivity index (χ4v) is 4.28. The average molecular weight is 361 g/mol. The molecule has 3 nitrogen and oxygen atoms in total. The van der Waals surface area contributed by atoms with E-state index < -0.39 is 25.8 Å². The zero-order valence-electron chi connectivity index (χ0n) is 16.4. The standard InChI is InChI=1S/C21H32O3Si/c1-9-18(17-13-11-10-12-14-17)21(19(22)23,15-16(2)3)24-25(7,8)20(4,5)6/h9-14,18H,1-2,15H2,3-8H3,(H,22,23)/t18-,21-/m0/s1. The number of aliphatic carboxylic acids is 1. The van der Waals surface area contributed by atoms with Crippen LogP contribution < -0.4 is 0 Å². The van der Waals surface area contributed by atoms with Gasteiger partial charge in [-0.1, -0.05) is 62.8 Å². The predicted molar refractivity (Wildman–Crippen MR) is 107 cm³/mol. The quantitative estimate of drug-likeness (QED) is 0.473. The lowest BCUT2D eigenvalue weighted by Gasteiger charge is -2.46. The van der Waals surface area contributed by atoms with Gasteiger partial charge in [-0.15, -0.1) is 13.2 Å². The summed E-state index contributed by atoms with van der Waals surface area (Å²) in [6.07, 6.45) is 1.94. The minimum atomic E-state index is -2.35. The number of carbonyl (C=O) groups is 1. The maximum absolute atomic E-state index is 12.5. The SMILES string of the molecule is C=C[C@@H](c1ccccc1)[C@](CC(=C)C)(O[Si](C)(C)C(C)(C)C)C(=O)O. The molecule has 0 saturated heterocycles. The molecule has 1 aromatic carbocycles. The van der Waals surface area contributed by atoms with Crippen molar-refractivity contribution in [1.29, 1.82) is 0 Å². The molecule has 0 aliphatic rings. The Kier molecular flexibility index (Phi) is 6.60. The summed E-state index contributed by atoms with van der Waals surface area (Å²) in [5, 5.41) is 10.2. The first-order chi connectivity index (χ1) is 11.4. The smallest absolute Gasteiger partial charge is 0.336 e. The molecule has 4 heteroatoms. The van der Waals surface area contributed by atoms with Crippen LogP contribution in [0.15, 0.2) is 55.1 Å². The summed E-state index contributed by atoms with van der Waals surface area (Å²) in [7, 11) is -2.35. The molecular weight excluding hydrogens is 328 g/mol. The van der Waals surface area contributed by atoms with Crippen LogP contribution in [0.5, 0.6) is 0 Å². The molecule has 0 spiro atoms. The molecule has 0 fully saturated rings. The van der Waals surface area contributed by atoms with Crippen LogP contribution in [0, 0.1) is 0 Å². The van der Waals surface area contributed by atoms with E-state index in [9.17, 15) is 9.90 Å². The van der Waals surface area contributed by atoms with Gasteiger partial charge in [-0.25, -0.2) is 4.79 Å². The number of hydrogen-bond donors (Lipinski definition) is 1. The van der Waals surface area contributed by atoms with E-state index in [2.05, 4.69) is 47.0 Å². The lowest BCUT2D eigenvalue weighted by molar-refractivity contribution is -0.157. The molecule has 138 valence electrons. The van der Waals surface area contributed by atoms with E-state index in [-0.39, 0.29) is 11.5 Å². The van der Waals surface area contributed by atoms with Gasteiger partial charge in [0.15, 0.2) is 13.9 Å². The summed E-state index contributed by atoms with van der Waals surface area (Å²) in [4.78, 5) is 12.5. The third-order valence-electron chi connectivity index (χ3n) is 5.07. The molecule has 1 aromatic rings. The van der Waals surface area contributed by atoms with Gasteiger partial charge < -0.3 is 9.53 Å². The highest BCUT2D eigenvalue weighted by Gasteiger charge is 2.52. The number of carboxylic acids is 1. The van der Waals surface area contributed by atoms with Crippen LogP contribution in [0.25, 0.3) is 0 Å². The Labute approximate surface area is 153 Å². The molecule has 2 atom stereocenters. The van der Waals surface area contributed by atoms with E-state index in [1.54, 1.807) is 6.08 Å². The van der Waals surface area contributed by atoms with E-state index in [4.69, 9.17) is 4.43 Å². The lowest BCUT2D eigenvalue weighted by Crippen LogP contribution is -2.56. The summed E-state index contributed by atoms with van der Waals surface area (Å²) < 4.78 is 6.58. The Morgan fingerprint density at radius 1 is 1.28 bits per heavy atom. The third kappa shape index (κ3) is 4.70. The topological polar surface area (TPSA) is 46.5 Å². The molecule has 0 bridgehead atoms. The summed E-state index contributed by atoms with van der Waals surface area (Å²) in [5.74, 6) is -1.42. The van der Waals surface area contributed by atoms with Gasteiger partial charge in [0.2, 0.25) is 0 Å². The van der Waals surface area contributed by atoms with E-state index >= 15 is 0 Å². The number of benzene rings is 1. The molecule has 0 amide bonds. The molecule has 0 aliphatic carbocycles. The van der Waals surface area contributed by atoms with Crippen molar-refractivity contribution in [3.05, 3.63) is 60.7 Å². The highest BCUT2D eigenvalue weighted by Crippen LogP contribution is 2.45. The molecule has 0 radical (unpaired) electrons. The van der Waals surface area contributed by atoms with Crippen LogP contribution in [0.3, 0.4) is 0 Å². The molecule has 1 N–H and O–H groups in total. The van der Waals surface area contributed by atoms with Gasteiger partial charge in [0, 0.05) is 12.3 Å². The Balaban J connectivity index is 3.58. The van der Waals surface area contributed by atoms with Crippen molar-refractivity contribution in [2.24, 2.45) is 0 Å². The average Bonchev–Trinajstić information content (AvgIpc) is 2.46. The maximum atomic E-state index is 12.5. The first-order valence-electron chi connectivity index (χ1n) is 8.63. The molecule has 0 saturated carbocycles. The van der Waals surface area contributed by atoms with Gasteiger partial charge in [0.05, 0.1) is 0 Å². The van der Waals surface area contributed by atoms with Crippen molar-refractivity contribution < 1.29 is 14.3 Å². The summed E-state index contributed by atoms with van der Waals surface area (Å²) in [5.41, 5.74) is 0.265. The highest BCUT2D eigenvalue weighted by molar-refractivity contribution is 6.74. The van der Waals surface area contributed by atoms with E-state index in [0.29, 0.717) is 0 Å². The lowest BCUT2D eigenvalue weighted by atomic mass is 9.78. The molecule has 25 heavy (non-hydrogen) atoms. The van der Waals surface area contributed by atoms with Crippen molar-refractivity contribution in [1.82, 2.24) is 0 Å². The molecule has 0 aliphatic heterocycles. The zero-order chi connectivity index (χ0) is 19.5. The predicted octanol–water partition coefficient (Wildman–Crippen LogP) is 5.77. The molecular formula is C21H32O3Si. The highest BCUT2D eigenvalue weighted by atomic mass is 28.4. The normalized spacial score (nSPS) is 15.9. The number of carboxylic acid groups (broad SMARTS) is 1. The Morgan fingerprint density at radius 3 is 2.16 bits per heavy atom. The third-order valence-corrected chi connectivity index (χ3v) is 9.55. The first-order valence-corrected chi connectivity index (χ1v) is 11.5. The van der Waals surface area contributed by atoms with Crippen molar-refractivity contribution in [3.8, 4) is 0 Å². The molecule has 0 aromatic heterocycles. The molecule has 0 heterocycles. The van der Waals surface area contributed by atoms with Crippen LogP contribution in [0.4, 0.5) is 0 Å². The maximum Gasteiger partial charge on any atom is 0.336 e. The Bertz CT molecular complexity index is 628. The van der Waals surface area contributed by atoms with Crippen LogP contribution >= 0.6 is 0 Å². The zero-order valence-corrected chi connectivity index (χ0v) is 17.4. The number of rotatable bonds is 8. The van der Waals surface area contributed by atoms with Crippen molar-refractivity contribution in [3.63, 3.8) is 0 Å². The largest absolute Gasteiger partial charge is 0.479 e. The second kappa shape index (κ2) is 7.71. The van der Waals surface area contributed by atoms with Gasteiger partial charge in [-0.3, -0.25) is 0 Å². The van der Waals surface area contributed by atoms with E-state index in [1.165, 1.54) is 0 Å². The monoisotopic (exact) mass is 360 g/mol. The minimum absolute atomic E-state index is 0.106. The number of hydrogen-bond acceptors (Lipinski definition) is 2. The van der Waals surface area contributed by atoms with Crippen molar-refractivity contribution in [2.75, 3.05) is 0 Å². The second-order valence-corrected chi connectivity index (χ2v) is 13.0. The summed E-state index contributed by atoms with van der Waals surface area (Å²) in [6.45, 7) is 20.2. The van der Waals surface area contributed by atoms with Gasteiger partial charge >= 0.3 is 5.97 Å². The second-order valence-electron chi connectivity index (χ2n) is 8.31. The molecule has 1 rings (SSSR count). The van der Waals surface area contributed by atoms with Gasteiger partial charge in [-0.2, -0.15) is 0 Å². The van der Waals surface area contributed by atoms with Crippen LogP contribution in [-0.2, 0) is 9.22 Å². The molecule has 0 unspecified atom stereocenters. The first kappa shape index (κ1) is 21.4. The Hall–Kier alpha value is -1.65. The fraction of sp³-hybridized carbons (Fsp3) is 0.476. The van der Waals surface area contributed by atoms with E-state index in [1.807, 2.05) is 37.3 Å². The van der Waals surface area contributed by atoms with E-state index in [0.717, 1.165) is 11.1 Å². The van der Waals surface area contributed by atoms with Gasteiger partial charge in [0.25, 0.3) is 0 Å². The summed E-state index contributed by atoms with van der Waals surface area (Å²) >= 11 is 0. The van der Waals surface area contributed by atoms with Crippen molar-refractivity contribution >= 4 is 14.3 Å². The van der Waals surface area contributed by atoms with Crippen LogP contribution in [0.2, 0.25) is 18.1 Å². The van der Waals surface area contributed by atoms with Gasteiger partial charge in [0.1, 0.15) is 0 Å². The minimum Gasteiger partial charge on any atom is -0.479 e. The van der Waals surface area contributed by atoms with Crippen LogP contribution in [0.1, 0.15) is 45.6 Å². The van der Waals surface area contributed by atoms with Crippen molar-refractivity contribution in [2.45, 2.75) is 63.8 Å². The fourth-order valence-electron chi connectivity index (χ4n) is 2.77. The van der Waals surface area contributed by atoms with Gasteiger partial charge in [-0.05, 0) is 30.6 Å². The Morgan fingerprint density at radius 2 is 1.80 bits per heavy atom. The van der Waals surface area contributed by atoms with Crippen LogP contribution in [-0.4, -0.2) is 25.0 Å². The summed E-state index contributed by atoms with van der Waals surface area (Å²) in [6, 6.07) is 9.59.